The topological polar surface area (TPSA) is 72.2 Å². The molecule has 1 fully saturated rings. The minimum atomic E-state index is -0.160. The highest BCUT2D eigenvalue weighted by atomic mass is 32.2. The van der Waals surface area contributed by atoms with Crippen molar-refractivity contribution < 1.29 is 4.79 Å². The van der Waals surface area contributed by atoms with Gasteiger partial charge in [0.25, 0.3) is 5.91 Å². The van der Waals surface area contributed by atoms with Gasteiger partial charge in [0, 0.05) is 11.6 Å². The van der Waals surface area contributed by atoms with Gasteiger partial charge in [-0.25, -0.2) is 5.43 Å². The van der Waals surface area contributed by atoms with Crippen LogP contribution in [0.2, 0.25) is 0 Å². The molecule has 6 nitrogen and oxygen atoms in total. The van der Waals surface area contributed by atoms with Crippen molar-refractivity contribution in [3.8, 4) is 11.4 Å². The molecule has 4 rings (SSSR count). The number of nitrogens with one attached hydrogen (secondary N) is 1. The highest BCUT2D eigenvalue weighted by Crippen LogP contribution is 2.35. The van der Waals surface area contributed by atoms with Crippen LogP contribution in [0.15, 0.2) is 58.8 Å². The third kappa shape index (κ3) is 6.60. The second kappa shape index (κ2) is 11.2. The summed E-state index contributed by atoms with van der Waals surface area (Å²) < 4.78 is 2.25. The van der Waals surface area contributed by atoms with Crippen LogP contribution < -0.4 is 5.43 Å². The Morgan fingerprint density at radius 1 is 1.06 bits per heavy atom. The van der Waals surface area contributed by atoms with Crippen molar-refractivity contribution >= 4 is 23.9 Å². The number of thioether (sulfide) groups is 1. The summed E-state index contributed by atoms with van der Waals surface area (Å²) in [7, 11) is 0. The predicted molar refractivity (Wildman–Crippen MR) is 144 cm³/mol. The minimum absolute atomic E-state index is 0.110. The van der Waals surface area contributed by atoms with Gasteiger partial charge in [0.05, 0.1) is 12.0 Å². The van der Waals surface area contributed by atoms with Crippen molar-refractivity contribution in [1.29, 1.82) is 0 Å². The smallest absolute Gasteiger partial charge is 0.250 e. The normalized spacial score (nSPS) is 15.0. The van der Waals surface area contributed by atoms with Crippen LogP contribution in [0.4, 0.5) is 0 Å². The van der Waals surface area contributed by atoms with E-state index in [0.29, 0.717) is 6.04 Å². The molecule has 0 radical (unpaired) electrons. The molecular formula is C28H35N5OS. The Balaban J connectivity index is 1.41. The number of amides is 1. The number of hydrogen-bond acceptors (Lipinski definition) is 5. The van der Waals surface area contributed by atoms with Gasteiger partial charge in [0.15, 0.2) is 11.0 Å². The summed E-state index contributed by atoms with van der Waals surface area (Å²) in [6.45, 7) is 8.64. The fourth-order valence-electron chi connectivity index (χ4n) is 4.35. The lowest BCUT2D eigenvalue weighted by Gasteiger charge is -2.25. The third-order valence-electron chi connectivity index (χ3n) is 6.43. The number of hydrogen-bond donors (Lipinski definition) is 1. The van der Waals surface area contributed by atoms with Crippen LogP contribution in [-0.4, -0.2) is 32.6 Å². The first-order valence-corrected chi connectivity index (χ1v) is 13.4. The van der Waals surface area contributed by atoms with Gasteiger partial charge < -0.3 is 0 Å². The largest absolute Gasteiger partial charge is 0.299 e. The number of carbonyl (C=O) groups excluding carboxylic acids is 1. The van der Waals surface area contributed by atoms with Crippen molar-refractivity contribution in [2.75, 3.05) is 5.75 Å². The van der Waals surface area contributed by atoms with Gasteiger partial charge >= 0.3 is 0 Å². The molecule has 2 aromatic carbocycles. The molecular weight excluding hydrogens is 454 g/mol. The van der Waals surface area contributed by atoms with E-state index < -0.39 is 0 Å². The fourth-order valence-corrected chi connectivity index (χ4v) is 5.15. The van der Waals surface area contributed by atoms with Gasteiger partial charge in [0.2, 0.25) is 0 Å². The van der Waals surface area contributed by atoms with E-state index in [0.717, 1.165) is 34.9 Å². The molecule has 0 bridgehead atoms. The van der Waals surface area contributed by atoms with Crippen molar-refractivity contribution in [2.24, 2.45) is 5.10 Å². The van der Waals surface area contributed by atoms with Crippen LogP contribution in [0.25, 0.3) is 11.4 Å². The standard InChI is InChI=1S/C28H35N5OS/c1-20-10-14-22(15-11-20)26-31-32-27(33(26)24-8-6-5-7-9-24)35-19-25(34)30-29-18-21-12-16-23(17-13-21)28(2,3)4/h10-18,24H,5-9,19H2,1-4H3,(H,30,34). The fraction of sp³-hybridized carbons (Fsp3) is 0.429. The van der Waals surface area contributed by atoms with E-state index in [-0.39, 0.29) is 17.1 Å². The Morgan fingerprint density at radius 3 is 2.40 bits per heavy atom. The van der Waals surface area contributed by atoms with Gasteiger partial charge in [-0.05, 0) is 36.3 Å². The average Bonchev–Trinajstić information content (AvgIpc) is 3.27. The first kappa shape index (κ1) is 25.2. The molecule has 0 spiro atoms. The van der Waals surface area contributed by atoms with E-state index in [1.54, 1.807) is 6.21 Å². The van der Waals surface area contributed by atoms with E-state index >= 15 is 0 Å². The van der Waals surface area contributed by atoms with Crippen LogP contribution >= 0.6 is 11.8 Å². The molecule has 1 aliphatic carbocycles. The van der Waals surface area contributed by atoms with Gasteiger partial charge in [-0.3, -0.25) is 9.36 Å². The molecule has 3 aromatic rings. The van der Waals surface area contributed by atoms with E-state index in [4.69, 9.17) is 0 Å². The van der Waals surface area contributed by atoms with Gasteiger partial charge in [-0.15, -0.1) is 10.2 Å². The Labute approximate surface area is 212 Å². The molecule has 1 aliphatic rings. The molecule has 0 unspecified atom stereocenters. The summed E-state index contributed by atoms with van der Waals surface area (Å²) in [6.07, 6.45) is 7.62. The molecule has 1 N–H and O–H groups in total. The zero-order valence-electron chi connectivity index (χ0n) is 21.1. The number of rotatable bonds is 7. The Kier molecular flexibility index (Phi) is 8.06. The molecule has 1 amide bonds. The number of hydrazone groups is 1. The average molecular weight is 490 g/mol. The lowest BCUT2D eigenvalue weighted by atomic mass is 9.87. The number of benzene rings is 2. The third-order valence-corrected chi connectivity index (χ3v) is 7.37. The molecule has 7 heteroatoms. The van der Waals surface area contributed by atoms with Crippen molar-refractivity contribution in [3.63, 3.8) is 0 Å². The zero-order chi connectivity index (χ0) is 24.8. The number of aryl methyl sites for hydroxylation is 1. The number of carbonyl (C=O) groups is 1. The van der Waals surface area contributed by atoms with E-state index in [1.165, 1.54) is 42.2 Å². The molecule has 1 saturated carbocycles. The Hall–Kier alpha value is -2.93. The van der Waals surface area contributed by atoms with Gasteiger partial charge in [-0.1, -0.05) is 106 Å². The maximum absolute atomic E-state index is 12.5. The number of nitrogens with zero attached hydrogens (tertiary/aromatic N) is 4. The van der Waals surface area contributed by atoms with E-state index in [2.05, 4.69) is 89.4 Å². The maximum Gasteiger partial charge on any atom is 0.250 e. The summed E-state index contributed by atoms with van der Waals surface area (Å²) >= 11 is 1.42. The predicted octanol–water partition coefficient (Wildman–Crippen LogP) is 6.30. The molecule has 35 heavy (non-hydrogen) atoms. The molecule has 1 heterocycles. The lowest BCUT2D eigenvalue weighted by molar-refractivity contribution is -0.118. The zero-order valence-corrected chi connectivity index (χ0v) is 21.9. The molecule has 0 atom stereocenters. The summed E-state index contributed by atoms with van der Waals surface area (Å²) in [6, 6.07) is 17.0. The molecule has 0 aliphatic heterocycles. The Bertz CT molecular complexity index is 1150. The monoisotopic (exact) mass is 489 g/mol. The molecule has 1 aromatic heterocycles. The highest BCUT2D eigenvalue weighted by Gasteiger charge is 2.24. The lowest BCUT2D eigenvalue weighted by Crippen LogP contribution is -2.20. The second-order valence-corrected chi connectivity index (χ2v) is 11.2. The quantitative estimate of drug-likeness (QED) is 0.240. The summed E-state index contributed by atoms with van der Waals surface area (Å²) in [5, 5.41) is 13.9. The summed E-state index contributed by atoms with van der Waals surface area (Å²) in [5.41, 5.74) is 7.25. The first-order valence-electron chi connectivity index (χ1n) is 12.4. The van der Waals surface area contributed by atoms with Crippen molar-refractivity contribution in [2.45, 2.75) is 76.4 Å². The van der Waals surface area contributed by atoms with Crippen LogP contribution in [0.3, 0.4) is 0 Å². The maximum atomic E-state index is 12.5. The first-order chi connectivity index (χ1) is 16.8. The van der Waals surface area contributed by atoms with Gasteiger partial charge in [0.1, 0.15) is 0 Å². The van der Waals surface area contributed by atoms with Crippen molar-refractivity contribution in [1.82, 2.24) is 20.2 Å². The van der Waals surface area contributed by atoms with Crippen LogP contribution in [0.5, 0.6) is 0 Å². The summed E-state index contributed by atoms with van der Waals surface area (Å²) in [5.74, 6) is 0.961. The molecule has 0 saturated heterocycles. The van der Waals surface area contributed by atoms with Crippen LogP contribution in [0.1, 0.15) is 75.6 Å². The Morgan fingerprint density at radius 2 is 1.74 bits per heavy atom. The van der Waals surface area contributed by atoms with Crippen LogP contribution in [-0.2, 0) is 10.2 Å². The van der Waals surface area contributed by atoms with Gasteiger partial charge in [-0.2, -0.15) is 5.10 Å². The van der Waals surface area contributed by atoms with E-state index in [1.807, 2.05) is 12.1 Å². The number of aromatic nitrogens is 3. The minimum Gasteiger partial charge on any atom is -0.299 e. The molecule has 184 valence electrons. The van der Waals surface area contributed by atoms with Crippen molar-refractivity contribution in [3.05, 3.63) is 65.2 Å². The van der Waals surface area contributed by atoms with E-state index in [9.17, 15) is 4.79 Å². The van der Waals surface area contributed by atoms with Crippen LogP contribution in [0, 0.1) is 6.92 Å². The SMILES string of the molecule is Cc1ccc(-c2nnc(SCC(=O)NN=Cc3ccc(C(C)(C)C)cc3)n2C2CCCCC2)cc1. The second-order valence-electron chi connectivity index (χ2n) is 10.3. The summed E-state index contributed by atoms with van der Waals surface area (Å²) in [4.78, 5) is 12.5. The highest BCUT2D eigenvalue weighted by molar-refractivity contribution is 7.99.